The quantitative estimate of drug-likeness (QED) is 0.138. The number of hydrogen-bond acceptors (Lipinski definition) is 8. The number of methoxy groups -OCH3 is 1. The van der Waals surface area contributed by atoms with Gasteiger partial charge in [0.2, 0.25) is 11.8 Å². The van der Waals surface area contributed by atoms with E-state index in [0.29, 0.717) is 27.7 Å². The van der Waals surface area contributed by atoms with Crippen molar-refractivity contribution >= 4 is 45.2 Å². The molecule has 2 aliphatic heterocycles. The second kappa shape index (κ2) is 13.2. The molecule has 2 aliphatic carbocycles. The highest BCUT2D eigenvalue weighted by atomic mass is 79.9. The van der Waals surface area contributed by atoms with Crippen LogP contribution < -0.4 is 10.2 Å². The standard InChI is InChI=1S/C42H38BrN3O7/c1-23-8-12-27(13-9-23)44-46-39(50)33-22-31-29(16-17-30-35(31)40(51)45(38(30)49)19-18-24-10-14-28(47)15-11-24)36(32-20-26(43)21-34(53-2)37(32)48)42(33,41(46)52)25-6-4-3-5-7-25/h3-16,20-21,30-31,33,35-36,44,47-48H,17-19,22H2,1-2H3/t30-,31+,33-,35-,36+,42+/m0/s1. The Morgan fingerprint density at radius 3 is 2.30 bits per heavy atom. The molecule has 4 aromatic rings. The molecule has 3 fully saturated rings. The van der Waals surface area contributed by atoms with Crippen LogP contribution in [0.25, 0.3) is 0 Å². The number of ether oxygens (including phenoxy) is 1. The summed E-state index contributed by atoms with van der Waals surface area (Å²) >= 11 is 3.58. The second-order valence-electron chi connectivity index (χ2n) is 14.4. The normalized spacial score (nSPS) is 26.2. The van der Waals surface area contributed by atoms with Crippen LogP contribution in [0.3, 0.4) is 0 Å². The van der Waals surface area contributed by atoms with E-state index in [4.69, 9.17) is 4.74 Å². The van der Waals surface area contributed by atoms with Gasteiger partial charge in [0.15, 0.2) is 11.5 Å². The summed E-state index contributed by atoms with van der Waals surface area (Å²) in [4.78, 5) is 60.0. The fraction of sp³-hybridized carbons (Fsp3) is 0.286. The van der Waals surface area contributed by atoms with Gasteiger partial charge >= 0.3 is 0 Å². The van der Waals surface area contributed by atoms with Crippen LogP contribution in [0.1, 0.15) is 41.0 Å². The highest BCUT2D eigenvalue weighted by molar-refractivity contribution is 9.10. The van der Waals surface area contributed by atoms with Gasteiger partial charge in [0.1, 0.15) is 5.75 Å². The van der Waals surface area contributed by atoms with Crippen LogP contribution in [0, 0.1) is 30.6 Å². The fourth-order valence-electron chi connectivity index (χ4n) is 9.25. The van der Waals surface area contributed by atoms with E-state index in [2.05, 4.69) is 21.4 Å². The Hall–Kier alpha value is -5.42. The summed E-state index contributed by atoms with van der Waals surface area (Å²) in [6.45, 7) is 2.12. The number of aromatic hydroxyl groups is 2. The number of rotatable bonds is 8. The maximum atomic E-state index is 15.3. The van der Waals surface area contributed by atoms with E-state index >= 15 is 4.79 Å². The van der Waals surface area contributed by atoms with Crippen molar-refractivity contribution < 1.29 is 34.1 Å². The predicted molar refractivity (Wildman–Crippen MR) is 200 cm³/mol. The molecule has 0 bridgehead atoms. The molecule has 10 nitrogen and oxygen atoms in total. The molecule has 11 heteroatoms. The van der Waals surface area contributed by atoms with Gasteiger partial charge in [-0.15, -0.1) is 0 Å². The molecule has 0 spiro atoms. The predicted octanol–water partition coefficient (Wildman–Crippen LogP) is 6.40. The van der Waals surface area contributed by atoms with E-state index in [9.17, 15) is 24.6 Å². The van der Waals surface area contributed by atoms with Crippen LogP contribution in [0.2, 0.25) is 0 Å². The number of allylic oxidation sites excluding steroid dienone is 2. The number of halogens is 1. The lowest BCUT2D eigenvalue weighted by Crippen LogP contribution is -2.53. The highest BCUT2D eigenvalue weighted by Gasteiger charge is 2.70. The summed E-state index contributed by atoms with van der Waals surface area (Å²) in [6, 6.07) is 26.6. The third-order valence-electron chi connectivity index (χ3n) is 11.6. The van der Waals surface area contributed by atoms with E-state index in [1.807, 2.05) is 55.5 Å². The molecule has 4 amide bonds. The lowest BCUT2D eigenvalue weighted by Gasteiger charge is -2.50. The minimum atomic E-state index is -1.53. The molecule has 0 aromatic heterocycles. The van der Waals surface area contributed by atoms with Gasteiger partial charge < -0.3 is 14.9 Å². The molecule has 2 saturated heterocycles. The number of carbonyl (C=O) groups excluding carboxylic acids is 4. The molecular weight excluding hydrogens is 738 g/mol. The molecule has 8 rings (SSSR count). The first kappa shape index (κ1) is 34.7. The minimum Gasteiger partial charge on any atom is -0.508 e. The number of likely N-dealkylation sites (tertiary alicyclic amines) is 1. The van der Waals surface area contributed by atoms with Crippen molar-refractivity contribution in [2.75, 3.05) is 19.1 Å². The average molecular weight is 777 g/mol. The number of nitrogens with one attached hydrogen (secondary N) is 1. The van der Waals surface area contributed by atoms with Gasteiger partial charge in [0.25, 0.3) is 11.8 Å². The van der Waals surface area contributed by atoms with Gasteiger partial charge in [0.05, 0.1) is 36.0 Å². The first-order valence-electron chi connectivity index (χ1n) is 17.7. The molecule has 2 heterocycles. The number of phenolic OH excluding ortho intramolecular Hbond substituents is 2. The number of benzene rings is 4. The summed E-state index contributed by atoms with van der Waals surface area (Å²) < 4.78 is 6.19. The number of nitrogens with zero attached hydrogens (tertiary/aromatic N) is 2. The molecule has 6 atom stereocenters. The summed E-state index contributed by atoms with van der Waals surface area (Å²) in [6.07, 6.45) is 2.80. The molecule has 3 N–H and O–H groups in total. The third kappa shape index (κ3) is 5.43. The Balaban J connectivity index is 1.28. The molecule has 1 saturated carbocycles. The van der Waals surface area contributed by atoms with Gasteiger partial charge in [0, 0.05) is 22.5 Å². The Morgan fingerprint density at radius 1 is 0.887 bits per heavy atom. The number of fused-ring (bicyclic) bond motifs is 4. The van der Waals surface area contributed by atoms with Gasteiger partial charge in [-0.05, 0) is 79.6 Å². The van der Waals surface area contributed by atoms with E-state index in [1.54, 1.807) is 48.5 Å². The van der Waals surface area contributed by atoms with Crippen LogP contribution in [-0.4, -0.2) is 57.4 Å². The first-order chi connectivity index (χ1) is 25.5. The van der Waals surface area contributed by atoms with Crippen molar-refractivity contribution in [3.8, 4) is 17.2 Å². The van der Waals surface area contributed by atoms with E-state index in [0.717, 1.165) is 21.7 Å². The Bertz CT molecular complexity index is 2170. The summed E-state index contributed by atoms with van der Waals surface area (Å²) in [5.74, 6) is -5.16. The minimum absolute atomic E-state index is 0.131. The van der Waals surface area contributed by atoms with Crippen molar-refractivity contribution in [3.63, 3.8) is 0 Å². The lowest BCUT2D eigenvalue weighted by atomic mass is 9.49. The number of hydrazine groups is 1. The number of carbonyl (C=O) groups is 4. The topological polar surface area (TPSA) is 136 Å². The van der Waals surface area contributed by atoms with Crippen LogP contribution in [0.15, 0.2) is 107 Å². The van der Waals surface area contributed by atoms with Crippen molar-refractivity contribution in [1.82, 2.24) is 9.91 Å². The van der Waals surface area contributed by atoms with Gasteiger partial charge in [-0.3, -0.25) is 29.5 Å². The van der Waals surface area contributed by atoms with Crippen LogP contribution in [0.5, 0.6) is 17.2 Å². The maximum absolute atomic E-state index is 15.3. The van der Waals surface area contributed by atoms with Crippen LogP contribution in [-0.2, 0) is 31.0 Å². The summed E-state index contributed by atoms with van der Waals surface area (Å²) in [7, 11) is 1.45. The monoisotopic (exact) mass is 775 g/mol. The van der Waals surface area contributed by atoms with Crippen molar-refractivity contribution in [2.24, 2.45) is 23.7 Å². The van der Waals surface area contributed by atoms with E-state index in [-0.39, 0.29) is 48.4 Å². The lowest BCUT2D eigenvalue weighted by molar-refractivity contribution is -0.141. The molecular formula is C42H38BrN3O7. The van der Waals surface area contributed by atoms with Crippen LogP contribution in [0.4, 0.5) is 5.69 Å². The van der Waals surface area contributed by atoms with Crippen LogP contribution >= 0.6 is 15.9 Å². The smallest absolute Gasteiger partial charge is 0.260 e. The number of imide groups is 2. The second-order valence-corrected chi connectivity index (χ2v) is 15.3. The molecule has 53 heavy (non-hydrogen) atoms. The van der Waals surface area contributed by atoms with Gasteiger partial charge in [-0.2, -0.15) is 5.01 Å². The molecule has 270 valence electrons. The number of hydrogen-bond donors (Lipinski definition) is 3. The number of anilines is 1. The average Bonchev–Trinajstić information content (AvgIpc) is 3.53. The molecule has 0 radical (unpaired) electrons. The van der Waals surface area contributed by atoms with E-state index < -0.39 is 46.8 Å². The summed E-state index contributed by atoms with van der Waals surface area (Å²) in [5, 5.41) is 22.7. The fourth-order valence-corrected chi connectivity index (χ4v) is 9.71. The first-order valence-corrected chi connectivity index (χ1v) is 18.5. The zero-order chi connectivity index (χ0) is 37.2. The Morgan fingerprint density at radius 2 is 1.60 bits per heavy atom. The van der Waals surface area contributed by atoms with Crippen molar-refractivity contribution in [3.05, 3.63) is 129 Å². The highest BCUT2D eigenvalue weighted by Crippen LogP contribution is 2.65. The SMILES string of the molecule is COc1cc(Br)cc([C@H]2C3=CC[C@@H]4C(=O)N(CCc5ccc(O)cc5)C(=O)[C@@H]4[C@@H]3C[C@H]3C(=O)N(Nc4ccc(C)cc4)C(=O)[C@@]23c2ccccc2)c1O. The molecule has 4 aliphatic rings. The number of amides is 4. The zero-order valence-electron chi connectivity index (χ0n) is 29.2. The molecule has 0 unspecified atom stereocenters. The maximum Gasteiger partial charge on any atom is 0.260 e. The van der Waals surface area contributed by atoms with Gasteiger partial charge in [-0.25, -0.2) is 0 Å². The molecule has 4 aromatic carbocycles. The largest absolute Gasteiger partial charge is 0.508 e. The third-order valence-corrected chi connectivity index (χ3v) is 12.1. The van der Waals surface area contributed by atoms with E-state index in [1.165, 1.54) is 12.0 Å². The Labute approximate surface area is 315 Å². The number of phenols is 2. The number of aryl methyl sites for hydroxylation is 1. The van der Waals surface area contributed by atoms with Crippen molar-refractivity contribution in [1.29, 1.82) is 0 Å². The summed E-state index contributed by atoms with van der Waals surface area (Å²) in [5.41, 5.74) is 5.73. The Kier molecular flexibility index (Phi) is 8.64. The van der Waals surface area contributed by atoms with Crippen molar-refractivity contribution in [2.45, 2.75) is 37.5 Å². The zero-order valence-corrected chi connectivity index (χ0v) is 30.7. The van der Waals surface area contributed by atoms with Gasteiger partial charge in [-0.1, -0.05) is 87.7 Å².